The zero-order chi connectivity index (χ0) is 11.1. The van der Waals surface area contributed by atoms with Gasteiger partial charge in [0, 0.05) is 32.1 Å². The molecule has 16 heavy (non-hydrogen) atoms. The van der Waals surface area contributed by atoms with Gasteiger partial charge in [-0.3, -0.25) is 4.79 Å². The van der Waals surface area contributed by atoms with Crippen LogP contribution in [0, 0.1) is 0 Å². The molecule has 1 aliphatic carbocycles. The van der Waals surface area contributed by atoms with Crippen molar-refractivity contribution in [3.05, 3.63) is 0 Å². The van der Waals surface area contributed by atoms with Gasteiger partial charge in [0.25, 0.3) is 0 Å². The maximum atomic E-state index is 11.5. The number of hydrogen-bond acceptors (Lipinski definition) is 2. The number of hydrogen-bond donors (Lipinski definition) is 1. The molecule has 1 saturated carbocycles. The van der Waals surface area contributed by atoms with E-state index in [-0.39, 0.29) is 0 Å². The molecule has 2 saturated heterocycles. The molecule has 5 heteroatoms. The van der Waals surface area contributed by atoms with Gasteiger partial charge in [0.15, 0.2) is 5.96 Å². The van der Waals surface area contributed by atoms with Crippen molar-refractivity contribution in [1.82, 2.24) is 9.80 Å². The van der Waals surface area contributed by atoms with Gasteiger partial charge >= 0.3 is 0 Å². The first-order valence-electron chi connectivity index (χ1n) is 6.12. The summed E-state index contributed by atoms with van der Waals surface area (Å²) >= 11 is 0. The van der Waals surface area contributed by atoms with Crippen molar-refractivity contribution in [2.45, 2.75) is 37.8 Å². The molecule has 0 radical (unpaired) electrons. The molecule has 3 rings (SSSR count). The summed E-state index contributed by atoms with van der Waals surface area (Å²) in [7, 11) is 0. The van der Waals surface area contributed by atoms with Gasteiger partial charge in [-0.05, 0) is 19.3 Å². The SMILES string of the molecule is NC(=NC1CC1)N1CCN2C(=O)CCC2C1. The number of aliphatic imine (C=N–C) groups is 1. The quantitative estimate of drug-likeness (QED) is 0.492. The number of guanidine groups is 1. The third kappa shape index (κ3) is 1.74. The van der Waals surface area contributed by atoms with Crippen LogP contribution in [0.2, 0.25) is 0 Å². The van der Waals surface area contributed by atoms with Gasteiger partial charge in [-0.2, -0.15) is 0 Å². The molecule has 3 fully saturated rings. The zero-order valence-corrected chi connectivity index (χ0v) is 9.43. The molecule has 0 aromatic heterocycles. The molecule has 5 nitrogen and oxygen atoms in total. The fraction of sp³-hybridized carbons (Fsp3) is 0.818. The minimum absolute atomic E-state index is 0.308. The summed E-state index contributed by atoms with van der Waals surface area (Å²) in [6.07, 6.45) is 4.05. The Kier molecular flexibility index (Phi) is 2.26. The average molecular weight is 222 g/mol. The van der Waals surface area contributed by atoms with E-state index in [9.17, 15) is 4.79 Å². The first kappa shape index (κ1) is 9.93. The van der Waals surface area contributed by atoms with Gasteiger partial charge in [-0.1, -0.05) is 0 Å². The van der Waals surface area contributed by atoms with Crippen LogP contribution in [-0.2, 0) is 4.79 Å². The van der Waals surface area contributed by atoms with Gasteiger partial charge in [0.05, 0.1) is 6.04 Å². The van der Waals surface area contributed by atoms with Crippen LogP contribution in [0.3, 0.4) is 0 Å². The summed E-state index contributed by atoms with van der Waals surface area (Å²) in [5, 5.41) is 0. The minimum Gasteiger partial charge on any atom is -0.370 e. The third-order valence-corrected chi connectivity index (χ3v) is 3.68. The Bertz CT molecular complexity index is 337. The van der Waals surface area contributed by atoms with Crippen molar-refractivity contribution in [1.29, 1.82) is 0 Å². The first-order valence-corrected chi connectivity index (χ1v) is 6.12. The molecule has 2 aliphatic heterocycles. The Morgan fingerprint density at radius 1 is 1.31 bits per heavy atom. The smallest absolute Gasteiger partial charge is 0.223 e. The number of amides is 1. The van der Waals surface area contributed by atoms with Crippen LogP contribution in [0.4, 0.5) is 0 Å². The molecule has 0 bridgehead atoms. The molecular weight excluding hydrogens is 204 g/mol. The maximum Gasteiger partial charge on any atom is 0.223 e. The van der Waals surface area contributed by atoms with Crippen molar-refractivity contribution >= 4 is 11.9 Å². The van der Waals surface area contributed by atoms with Gasteiger partial charge in [0.1, 0.15) is 0 Å². The van der Waals surface area contributed by atoms with Gasteiger partial charge < -0.3 is 15.5 Å². The topological polar surface area (TPSA) is 61.9 Å². The fourth-order valence-electron chi connectivity index (χ4n) is 2.54. The maximum absolute atomic E-state index is 11.5. The normalized spacial score (nSPS) is 30.9. The zero-order valence-electron chi connectivity index (χ0n) is 9.43. The number of nitrogens with two attached hydrogens (primary N) is 1. The van der Waals surface area contributed by atoms with Crippen molar-refractivity contribution in [2.75, 3.05) is 19.6 Å². The Labute approximate surface area is 95.3 Å². The fourth-order valence-corrected chi connectivity index (χ4v) is 2.54. The molecule has 0 aromatic rings. The Balaban J connectivity index is 1.65. The highest BCUT2D eigenvalue weighted by molar-refractivity contribution is 5.81. The molecule has 1 unspecified atom stereocenters. The molecule has 3 aliphatic rings. The number of nitrogens with zero attached hydrogens (tertiary/aromatic N) is 3. The van der Waals surface area contributed by atoms with Crippen LogP contribution in [0.5, 0.6) is 0 Å². The van der Waals surface area contributed by atoms with Gasteiger partial charge in [-0.15, -0.1) is 0 Å². The van der Waals surface area contributed by atoms with Crippen molar-refractivity contribution in [3.63, 3.8) is 0 Å². The van der Waals surface area contributed by atoms with Crippen LogP contribution < -0.4 is 5.73 Å². The molecule has 88 valence electrons. The highest BCUT2D eigenvalue weighted by Gasteiger charge is 2.36. The highest BCUT2D eigenvalue weighted by atomic mass is 16.2. The van der Waals surface area contributed by atoms with E-state index in [1.807, 2.05) is 4.90 Å². The van der Waals surface area contributed by atoms with Gasteiger partial charge in [0.2, 0.25) is 5.91 Å². The van der Waals surface area contributed by atoms with Crippen LogP contribution in [-0.4, -0.2) is 53.4 Å². The molecule has 2 heterocycles. The number of carbonyl (C=O) groups excluding carboxylic acids is 1. The van der Waals surface area contributed by atoms with E-state index in [1.54, 1.807) is 0 Å². The summed E-state index contributed by atoms with van der Waals surface area (Å²) in [4.78, 5) is 20.1. The predicted molar refractivity (Wildman–Crippen MR) is 61.0 cm³/mol. The van der Waals surface area contributed by atoms with E-state index in [0.717, 1.165) is 26.1 Å². The van der Waals surface area contributed by atoms with Crippen LogP contribution in [0.15, 0.2) is 4.99 Å². The summed E-state index contributed by atoms with van der Waals surface area (Å²) < 4.78 is 0. The molecule has 0 spiro atoms. The summed E-state index contributed by atoms with van der Waals surface area (Å²) in [6, 6.07) is 0.845. The number of piperazine rings is 1. The van der Waals surface area contributed by atoms with Crippen LogP contribution >= 0.6 is 0 Å². The van der Waals surface area contributed by atoms with E-state index < -0.39 is 0 Å². The lowest BCUT2D eigenvalue weighted by molar-refractivity contribution is -0.130. The molecular formula is C11H18N4O. The second-order valence-electron chi connectivity index (χ2n) is 4.94. The Hall–Kier alpha value is -1.26. The third-order valence-electron chi connectivity index (χ3n) is 3.68. The van der Waals surface area contributed by atoms with Crippen molar-refractivity contribution < 1.29 is 4.79 Å². The molecule has 0 aromatic carbocycles. The van der Waals surface area contributed by atoms with Crippen molar-refractivity contribution in [2.24, 2.45) is 10.7 Å². The summed E-state index contributed by atoms with van der Waals surface area (Å²) in [5.74, 6) is 0.990. The largest absolute Gasteiger partial charge is 0.370 e. The highest BCUT2D eigenvalue weighted by Crippen LogP contribution is 2.25. The number of fused-ring (bicyclic) bond motifs is 1. The lowest BCUT2D eigenvalue weighted by Crippen LogP contribution is -2.55. The monoisotopic (exact) mass is 222 g/mol. The van der Waals surface area contributed by atoms with E-state index in [2.05, 4.69) is 9.89 Å². The second-order valence-corrected chi connectivity index (χ2v) is 4.94. The lowest BCUT2D eigenvalue weighted by atomic mass is 10.2. The van der Waals surface area contributed by atoms with E-state index in [0.29, 0.717) is 30.4 Å². The number of carbonyl (C=O) groups is 1. The lowest BCUT2D eigenvalue weighted by Gasteiger charge is -2.38. The molecule has 1 atom stereocenters. The van der Waals surface area contributed by atoms with Crippen LogP contribution in [0.1, 0.15) is 25.7 Å². The van der Waals surface area contributed by atoms with Crippen LogP contribution in [0.25, 0.3) is 0 Å². The summed E-state index contributed by atoms with van der Waals surface area (Å²) in [6.45, 7) is 2.52. The summed E-state index contributed by atoms with van der Waals surface area (Å²) in [5.41, 5.74) is 5.98. The average Bonchev–Trinajstić information content (AvgIpc) is 3.02. The Morgan fingerprint density at radius 2 is 2.12 bits per heavy atom. The minimum atomic E-state index is 0.308. The van der Waals surface area contributed by atoms with E-state index in [4.69, 9.17) is 5.73 Å². The van der Waals surface area contributed by atoms with Crippen molar-refractivity contribution in [3.8, 4) is 0 Å². The van der Waals surface area contributed by atoms with E-state index >= 15 is 0 Å². The first-order chi connectivity index (χ1) is 7.74. The predicted octanol–water partition coefficient (Wildman–Crippen LogP) is -0.230. The number of rotatable bonds is 1. The second kappa shape index (κ2) is 3.64. The van der Waals surface area contributed by atoms with E-state index in [1.165, 1.54) is 12.8 Å². The molecule has 2 N–H and O–H groups in total. The standard InChI is InChI=1S/C11H18N4O/c12-11(13-8-1-2-8)14-5-6-15-9(7-14)3-4-10(15)16/h8-9H,1-7H2,(H2,12,13). The molecule has 1 amide bonds. The van der Waals surface area contributed by atoms with Gasteiger partial charge in [-0.25, -0.2) is 4.99 Å². The Morgan fingerprint density at radius 3 is 2.88 bits per heavy atom.